The number of nitrogens with two attached hydrogens (primary N) is 1. The van der Waals surface area contributed by atoms with E-state index in [4.69, 9.17) is 5.73 Å². The summed E-state index contributed by atoms with van der Waals surface area (Å²) in [7, 11) is 0. The summed E-state index contributed by atoms with van der Waals surface area (Å²) in [6.45, 7) is 4.21. The molecular weight excluding hydrogens is 438 g/mol. The number of hydrogen-bond donors (Lipinski definition) is 1. The molecule has 5 rings (SSSR count). The molecule has 0 atom stereocenters. The maximum atomic E-state index is 5.67. The van der Waals surface area contributed by atoms with Gasteiger partial charge in [-0.3, -0.25) is 0 Å². The molecular formula is C33H31N3. The van der Waals surface area contributed by atoms with Crippen molar-refractivity contribution in [3.05, 3.63) is 145 Å². The van der Waals surface area contributed by atoms with Crippen LogP contribution in [0.2, 0.25) is 0 Å². The molecule has 0 amide bonds. The van der Waals surface area contributed by atoms with Gasteiger partial charge in [0, 0.05) is 22.6 Å². The third kappa shape index (κ3) is 6.08. The summed E-state index contributed by atoms with van der Waals surface area (Å²) in [6.07, 6.45) is 1.35. The first-order valence-corrected chi connectivity index (χ1v) is 12.0. The minimum Gasteiger partial charge on any atom is -0.390 e. The third-order valence-electron chi connectivity index (χ3n) is 5.85. The molecule has 0 spiro atoms. The van der Waals surface area contributed by atoms with Crippen molar-refractivity contribution in [3.8, 4) is 11.1 Å². The number of hydrogen-bond acceptors (Lipinski definition) is 2. The van der Waals surface area contributed by atoms with Gasteiger partial charge in [0.25, 0.3) is 0 Å². The van der Waals surface area contributed by atoms with Gasteiger partial charge in [-0.15, -0.1) is 0 Å². The minimum atomic E-state index is 0.839. The predicted octanol–water partition coefficient (Wildman–Crippen LogP) is 8.75. The summed E-state index contributed by atoms with van der Waals surface area (Å²) >= 11 is 0. The van der Waals surface area contributed by atoms with E-state index in [1.807, 2.05) is 42.5 Å². The molecule has 5 aromatic carbocycles. The Morgan fingerprint density at radius 3 is 1.78 bits per heavy atom. The molecule has 0 aromatic heterocycles. The molecule has 3 heteroatoms. The smallest absolute Gasteiger partial charge is 0.0860 e. The molecule has 3 nitrogen and oxygen atoms in total. The fourth-order valence-electron chi connectivity index (χ4n) is 4.06. The Morgan fingerprint density at radius 2 is 1.19 bits per heavy atom. The van der Waals surface area contributed by atoms with E-state index in [9.17, 15) is 0 Å². The zero-order valence-corrected chi connectivity index (χ0v) is 20.8. The van der Waals surface area contributed by atoms with Crippen LogP contribution in [0.5, 0.6) is 0 Å². The lowest BCUT2D eigenvalue weighted by Crippen LogP contribution is -2.11. The molecule has 0 radical (unpaired) electrons. The summed E-state index contributed by atoms with van der Waals surface area (Å²) in [5.41, 5.74) is 14.5. The lowest BCUT2D eigenvalue weighted by Gasteiger charge is -2.27. The highest BCUT2D eigenvalue weighted by atomic mass is 15.1. The first-order chi connectivity index (χ1) is 17.7. The van der Waals surface area contributed by atoms with E-state index in [-0.39, 0.29) is 0 Å². The van der Waals surface area contributed by atoms with E-state index in [0.717, 1.165) is 33.9 Å². The van der Waals surface area contributed by atoms with Gasteiger partial charge in [-0.05, 0) is 55.3 Å². The van der Waals surface area contributed by atoms with Crippen molar-refractivity contribution in [1.29, 1.82) is 0 Å². The lowest BCUT2D eigenvalue weighted by molar-refractivity contribution is 1.25. The Hall–Kier alpha value is -4.63. The topological polar surface area (TPSA) is 41.6 Å². The van der Waals surface area contributed by atoms with Gasteiger partial charge in [0.2, 0.25) is 0 Å². The zero-order chi connectivity index (χ0) is 25.2. The van der Waals surface area contributed by atoms with Crippen molar-refractivity contribution in [2.24, 2.45) is 10.7 Å². The molecule has 2 N–H and O–H groups in total. The highest BCUT2D eigenvalue weighted by molar-refractivity contribution is 5.86. The molecule has 0 aliphatic heterocycles. The number of anilines is 3. The van der Waals surface area contributed by atoms with Crippen LogP contribution >= 0.6 is 0 Å². The highest BCUT2D eigenvalue weighted by Crippen LogP contribution is 2.40. The SMILES string of the molecule is Cc1ccccc1.Cc1ccccc1N(c1ccccc1)c1ccc(-c2ccccc2)c(N=CN)c1. The van der Waals surface area contributed by atoms with Crippen LogP contribution in [0.15, 0.2) is 138 Å². The number of rotatable bonds is 5. The zero-order valence-electron chi connectivity index (χ0n) is 20.8. The maximum absolute atomic E-state index is 5.67. The van der Waals surface area contributed by atoms with Gasteiger partial charge in [-0.1, -0.05) is 109 Å². The van der Waals surface area contributed by atoms with E-state index in [1.54, 1.807) is 0 Å². The molecule has 0 unspecified atom stereocenters. The van der Waals surface area contributed by atoms with Gasteiger partial charge in [-0.2, -0.15) is 0 Å². The van der Waals surface area contributed by atoms with Crippen molar-refractivity contribution in [1.82, 2.24) is 0 Å². The van der Waals surface area contributed by atoms with E-state index in [2.05, 4.69) is 115 Å². The average molecular weight is 470 g/mol. The number of nitrogens with zero attached hydrogens (tertiary/aromatic N) is 2. The van der Waals surface area contributed by atoms with Crippen LogP contribution in [0, 0.1) is 13.8 Å². The number of aliphatic imine (C=N–C) groups is 1. The summed E-state index contributed by atoms with van der Waals surface area (Å²) in [4.78, 5) is 6.71. The number of para-hydroxylation sites is 2. The van der Waals surface area contributed by atoms with Crippen molar-refractivity contribution in [2.45, 2.75) is 13.8 Å². The molecule has 0 saturated heterocycles. The first kappa shape index (κ1) is 24.5. The molecule has 0 aliphatic carbocycles. The Balaban J connectivity index is 0.000000375. The van der Waals surface area contributed by atoms with Gasteiger partial charge in [0.1, 0.15) is 0 Å². The van der Waals surface area contributed by atoms with Crippen LogP contribution in [0.25, 0.3) is 11.1 Å². The molecule has 0 bridgehead atoms. The lowest BCUT2D eigenvalue weighted by atomic mass is 10.0. The highest BCUT2D eigenvalue weighted by Gasteiger charge is 2.16. The van der Waals surface area contributed by atoms with Crippen molar-refractivity contribution in [2.75, 3.05) is 4.90 Å². The second-order valence-electron chi connectivity index (χ2n) is 8.46. The van der Waals surface area contributed by atoms with Crippen LogP contribution in [-0.2, 0) is 0 Å². The molecule has 0 aliphatic rings. The summed E-state index contributed by atoms with van der Waals surface area (Å²) in [5.74, 6) is 0. The van der Waals surface area contributed by atoms with Gasteiger partial charge >= 0.3 is 0 Å². The van der Waals surface area contributed by atoms with E-state index >= 15 is 0 Å². The summed E-state index contributed by atoms with van der Waals surface area (Å²) in [6, 6.07) is 45.6. The minimum absolute atomic E-state index is 0.839. The summed E-state index contributed by atoms with van der Waals surface area (Å²) in [5, 5.41) is 0. The third-order valence-corrected chi connectivity index (χ3v) is 5.85. The Kier molecular flexibility index (Phi) is 8.29. The molecule has 0 fully saturated rings. The maximum Gasteiger partial charge on any atom is 0.0860 e. The van der Waals surface area contributed by atoms with Crippen molar-refractivity contribution in [3.63, 3.8) is 0 Å². The molecule has 5 aromatic rings. The second-order valence-corrected chi connectivity index (χ2v) is 8.46. The van der Waals surface area contributed by atoms with Crippen molar-refractivity contribution >= 4 is 29.1 Å². The van der Waals surface area contributed by atoms with E-state index in [1.165, 1.54) is 17.5 Å². The van der Waals surface area contributed by atoms with Gasteiger partial charge < -0.3 is 10.6 Å². The monoisotopic (exact) mass is 469 g/mol. The van der Waals surface area contributed by atoms with Gasteiger partial charge in [-0.25, -0.2) is 4.99 Å². The summed E-state index contributed by atoms with van der Waals surface area (Å²) < 4.78 is 0. The molecule has 0 heterocycles. The van der Waals surface area contributed by atoms with Gasteiger partial charge in [0.05, 0.1) is 12.0 Å². The van der Waals surface area contributed by atoms with Crippen LogP contribution in [-0.4, -0.2) is 6.34 Å². The molecule has 36 heavy (non-hydrogen) atoms. The molecule has 178 valence electrons. The van der Waals surface area contributed by atoms with E-state index < -0.39 is 0 Å². The largest absolute Gasteiger partial charge is 0.390 e. The predicted molar refractivity (Wildman–Crippen MR) is 155 cm³/mol. The Bertz CT molecular complexity index is 1400. The normalized spacial score (nSPS) is 10.5. The second kappa shape index (κ2) is 12.2. The standard InChI is InChI=1S/C26H23N3.C7H8/c1-20-10-8-9-15-26(20)29(22-13-6-3-7-14-22)23-16-17-24(25(18-23)28-19-27)21-11-4-2-5-12-21;1-7-5-3-2-4-6-7/h2-19H,1H3,(H2,27,28);2-6H,1H3. The number of benzene rings is 5. The van der Waals surface area contributed by atoms with Crippen molar-refractivity contribution < 1.29 is 0 Å². The van der Waals surface area contributed by atoms with E-state index in [0.29, 0.717) is 0 Å². The average Bonchev–Trinajstić information content (AvgIpc) is 2.92. The first-order valence-electron chi connectivity index (χ1n) is 12.0. The van der Waals surface area contributed by atoms with Crippen LogP contribution in [0.3, 0.4) is 0 Å². The van der Waals surface area contributed by atoms with Crippen LogP contribution in [0.1, 0.15) is 11.1 Å². The molecule has 0 saturated carbocycles. The quantitative estimate of drug-likeness (QED) is 0.206. The number of aryl methyl sites for hydroxylation is 2. The Labute approximate surface area is 214 Å². The van der Waals surface area contributed by atoms with Crippen LogP contribution in [0.4, 0.5) is 22.7 Å². The fourth-order valence-corrected chi connectivity index (χ4v) is 4.06. The Morgan fingerprint density at radius 1 is 0.611 bits per heavy atom. The fraction of sp³-hybridized carbons (Fsp3) is 0.0606. The van der Waals surface area contributed by atoms with Gasteiger partial charge in [0.15, 0.2) is 0 Å². The van der Waals surface area contributed by atoms with Crippen LogP contribution < -0.4 is 10.6 Å².